The molecule has 0 aromatic heterocycles. The Morgan fingerprint density at radius 3 is 2.50 bits per heavy atom. The van der Waals surface area contributed by atoms with Crippen molar-refractivity contribution in [3.63, 3.8) is 0 Å². The predicted octanol–water partition coefficient (Wildman–Crippen LogP) is 1.77. The van der Waals surface area contributed by atoms with Crippen molar-refractivity contribution in [3.8, 4) is 0 Å². The lowest BCUT2D eigenvalue weighted by Gasteiger charge is -2.27. The minimum absolute atomic E-state index is 0.225. The fraction of sp³-hybridized carbons (Fsp3) is 0.800. The second-order valence-electron chi connectivity index (χ2n) is 2.25. The first-order valence-corrected chi connectivity index (χ1v) is 3.99. The predicted molar refractivity (Wildman–Crippen MR) is 41.5 cm³/mol. The highest BCUT2D eigenvalue weighted by Gasteiger charge is 2.48. The Balaban J connectivity index is 2.75. The highest BCUT2D eigenvalue weighted by atomic mass is 79.9. The molecule has 3 nitrogen and oxygen atoms in total. The first-order chi connectivity index (χ1) is 5.46. The fourth-order valence-electron chi connectivity index (χ4n) is 0.933. The minimum Gasteiger partial charge on any atom is -0.265 e. The Morgan fingerprint density at radius 2 is 2.17 bits per heavy atom. The summed E-state index contributed by atoms with van der Waals surface area (Å²) < 4.78 is 37.6. The molecule has 1 atom stereocenters. The SMILES string of the molecule is CCN1N=CN(Br)C1C(F)(F)F. The zero-order chi connectivity index (χ0) is 9.35. The zero-order valence-corrected chi connectivity index (χ0v) is 7.80. The maximum absolute atomic E-state index is 12.3. The van der Waals surface area contributed by atoms with Gasteiger partial charge in [-0.25, -0.2) is 0 Å². The van der Waals surface area contributed by atoms with Crippen molar-refractivity contribution < 1.29 is 13.2 Å². The van der Waals surface area contributed by atoms with Crippen LogP contribution in [0.25, 0.3) is 0 Å². The van der Waals surface area contributed by atoms with Crippen LogP contribution in [0.15, 0.2) is 5.10 Å². The molecule has 1 aliphatic heterocycles. The van der Waals surface area contributed by atoms with E-state index in [9.17, 15) is 13.2 Å². The van der Waals surface area contributed by atoms with Crippen LogP contribution >= 0.6 is 16.1 Å². The lowest BCUT2D eigenvalue weighted by atomic mass is 10.4. The summed E-state index contributed by atoms with van der Waals surface area (Å²) in [6, 6.07) is 0. The number of alkyl halides is 3. The maximum atomic E-state index is 12.3. The second-order valence-corrected chi connectivity index (χ2v) is 3.07. The number of hydrogen-bond donors (Lipinski definition) is 0. The Hall–Kier alpha value is -0.460. The molecule has 0 N–H and O–H groups in total. The van der Waals surface area contributed by atoms with E-state index >= 15 is 0 Å². The van der Waals surface area contributed by atoms with Gasteiger partial charge >= 0.3 is 6.18 Å². The number of hydrazone groups is 1. The van der Waals surface area contributed by atoms with Gasteiger partial charge in [-0.15, -0.1) is 0 Å². The standard InChI is InChI=1S/C5H7BrF3N3/c1-2-12-4(5(7,8)9)11(6)3-10-12/h3-4H,2H2,1H3. The molecule has 7 heteroatoms. The zero-order valence-electron chi connectivity index (χ0n) is 6.22. The topological polar surface area (TPSA) is 18.8 Å². The van der Waals surface area contributed by atoms with Gasteiger partial charge in [0.2, 0.25) is 6.17 Å². The van der Waals surface area contributed by atoms with E-state index in [0.717, 1.165) is 15.3 Å². The molecule has 0 bridgehead atoms. The summed E-state index contributed by atoms with van der Waals surface area (Å²) >= 11 is 2.74. The van der Waals surface area contributed by atoms with Gasteiger partial charge < -0.3 is 0 Å². The Morgan fingerprint density at radius 1 is 1.58 bits per heavy atom. The van der Waals surface area contributed by atoms with Crippen LogP contribution in [0.5, 0.6) is 0 Å². The summed E-state index contributed by atoms with van der Waals surface area (Å²) in [7, 11) is 0. The third-order valence-corrected chi connectivity index (χ3v) is 2.01. The van der Waals surface area contributed by atoms with E-state index in [4.69, 9.17) is 0 Å². The van der Waals surface area contributed by atoms with E-state index in [1.165, 1.54) is 0 Å². The van der Waals surface area contributed by atoms with Crippen LogP contribution in [0.1, 0.15) is 6.92 Å². The van der Waals surface area contributed by atoms with Crippen molar-refractivity contribution in [1.82, 2.24) is 8.93 Å². The van der Waals surface area contributed by atoms with Gasteiger partial charge in [-0.05, 0) is 6.92 Å². The Bertz CT molecular complexity index is 193. The molecular weight excluding hydrogens is 239 g/mol. The number of halogens is 4. The average Bonchev–Trinajstić information content (AvgIpc) is 2.29. The van der Waals surface area contributed by atoms with Gasteiger partial charge in [0.25, 0.3) is 0 Å². The van der Waals surface area contributed by atoms with E-state index in [1.807, 2.05) is 0 Å². The molecule has 0 aromatic carbocycles. The highest BCUT2D eigenvalue weighted by molar-refractivity contribution is 9.07. The van der Waals surface area contributed by atoms with Crippen molar-refractivity contribution in [1.29, 1.82) is 0 Å². The van der Waals surface area contributed by atoms with Gasteiger partial charge in [-0.1, -0.05) is 0 Å². The fourth-order valence-corrected chi connectivity index (χ4v) is 1.46. The summed E-state index contributed by atoms with van der Waals surface area (Å²) in [5, 5.41) is 4.50. The molecule has 0 saturated carbocycles. The molecular formula is C5H7BrF3N3. The lowest BCUT2D eigenvalue weighted by molar-refractivity contribution is -0.194. The summed E-state index contributed by atoms with van der Waals surface area (Å²) in [6.45, 7) is 1.84. The van der Waals surface area contributed by atoms with E-state index < -0.39 is 12.3 Å². The third-order valence-electron chi connectivity index (χ3n) is 1.44. The molecule has 12 heavy (non-hydrogen) atoms. The molecule has 70 valence electrons. The van der Waals surface area contributed by atoms with Crippen molar-refractivity contribution in [2.75, 3.05) is 6.54 Å². The van der Waals surface area contributed by atoms with Crippen LogP contribution in [0, 0.1) is 0 Å². The van der Waals surface area contributed by atoms with Gasteiger partial charge in [0.05, 0.1) is 16.1 Å². The average molecular weight is 246 g/mol. The Kier molecular flexibility index (Phi) is 2.50. The largest absolute Gasteiger partial charge is 0.429 e. The molecule has 0 fully saturated rings. The highest BCUT2D eigenvalue weighted by Crippen LogP contribution is 2.31. The number of nitrogens with zero attached hydrogens (tertiary/aromatic N) is 3. The molecule has 1 rings (SSSR count). The van der Waals surface area contributed by atoms with Crippen LogP contribution < -0.4 is 0 Å². The third kappa shape index (κ3) is 1.65. The van der Waals surface area contributed by atoms with Crippen molar-refractivity contribution in [2.24, 2.45) is 5.10 Å². The van der Waals surface area contributed by atoms with Crippen LogP contribution in [0.4, 0.5) is 13.2 Å². The van der Waals surface area contributed by atoms with Crippen molar-refractivity contribution in [3.05, 3.63) is 0 Å². The quantitative estimate of drug-likeness (QED) is 0.656. The second kappa shape index (κ2) is 3.12. The van der Waals surface area contributed by atoms with Crippen molar-refractivity contribution in [2.45, 2.75) is 19.3 Å². The van der Waals surface area contributed by atoms with Gasteiger partial charge in [0.1, 0.15) is 6.34 Å². The van der Waals surface area contributed by atoms with E-state index in [1.54, 1.807) is 6.92 Å². The van der Waals surface area contributed by atoms with E-state index in [-0.39, 0.29) is 6.54 Å². The van der Waals surface area contributed by atoms with Gasteiger partial charge in [-0.2, -0.15) is 18.3 Å². The number of hydrogen-bond acceptors (Lipinski definition) is 3. The molecule has 1 heterocycles. The van der Waals surface area contributed by atoms with Gasteiger partial charge in [-0.3, -0.25) is 8.93 Å². The summed E-state index contributed by atoms with van der Waals surface area (Å²) in [5.41, 5.74) is 0. The van der Waals surface area contributed by atoms with Crippen LogP contribution in [-0.4, -0.2) is 34.2 Å². The summed E-state index contributed by atoms with van der Waals surface area (Å²) in [4.78, 5) is 0. The first-order valence-electron chi connectivity index (χ1n) is 3.28. The molecule has 0 aromatic rings. The molecule has 0 amide bonds. The lowest BCUT2D eigenvalue weighted by Crippen LogP contribution is -2.46. The van der Waals surface area contributed by atoms with E-state index in [2.05, 4.69) is 21.2 Å². The van der Waals surface area contributed by atoms with E-state index in [0.29, 0.717) is 0 Å². The van der Waals surface area contributed by atoms with Crippen LogP contribution in [-0.2, 0) is 0 Å². The molecule has 1 unspecified atom stereocenters. The van der Waals surface area contributed by atoms with Crippen LogP contribution in [0.2, 0.25) is 0 Å². The van der Waals surface area contributed by atoms with Gasteiger partial charge in [0.15, 0.2) is 0 Å². The van der Waals surface area contributed by atoms with Gasteiger partial charge in [0, 0.05) is 6.54 Å². The normalized spacial score (nSPS) is 23.9. The molecule has 0 saturated heterocycles. The maximum Gasteiger partial charge on any atom is 0.429 e. The van der Waals surface area contributed by atoms with Crippen LogP contribution in [0.3, 0.4) is 0 Å². The molecule has 0 aliphatic carbocycles. The molecule has 1 aliphatic rings. The minimum atomic E-state index is -4.30. The smallest absolute Gasteiger partial charge is 0.265 e. The molecule has 0 radical (unpaired) electrons. The first kappa shape index (κ1) is 9.63. The summed E-state index contributed by atoms with van der Waals surface area (Å²) in [5.74, 6) is 0. The monoisotopic (exact) mass is 245 g/mol. The van der Waals surface area contributed by atoms with Crippen molar-refractivity contribution >= 4 is 22.5 Å². The number of rotatable bonds is 1. The Labute approximate surface area is 76.2 Å². The molecule has 0 spiro atoms. The summed E-state index contributed by atoms with van der Waals surface area (Å²) in [6.07, 6.45) is -4.88.